The number of hydrogen-bond donors (Lipinski definition) is 1. The predicted octanol–water partition coefficient (Wildman–Crippen LogP) is 0.707. The van der Waals surface area contributed by atoms with E-state index in [-0.39, 0.29) is 0 Å². The Balaban J connectivity index is 2.12. The van der Waals surface area contributed by atoms with Crippen LogP contribution >= 0.6 is 0 Å². The van der Waals surface area contributed by atoms with Crippen molar-refractivity contribution in [2.75, 3.05) is 6.54 Å². The van der Waals surface area contributed by atoms with Crippen molar-refractivity contribution in [1.29, 1.82) is 0 Å². The van der Waals surface area contributed by atoms with Gasteiger partial charge in [0.05, 0.1) is 12.2 Å². The molecule has 2 aromatic rings. The van der Waals surface area contributed by atoms with Crippen molar-refractivity contribution in [3.63, 3.8) is 0 Å². The Labute approximate surface area is 95.1 Å². The van der Waals surface area contributed by atoms with E-state index >= 15 is 0 Å². The zero-order valence-corrected chi connectivity index (χ0v) is 9.48. The molecule has 0 fully saturated rings. The fourth-order valence-corrected chi connectivity index (χ4v) is 2.39. The molecule has 0 unspecified atom stereocenters. The molecule has 0 spiro atoms. The van der Waals surface area contributed by atoms with E-state index in [4.69, 9.17) is 4.98 Å². The molecule has 0 radical (unpaired) electrons. The van der Waals surface area contributed by atoms with E-state index < -0.39 is 0 Å². The summed E-state index contributed by atoms with van der Waals surface area (Å²) in [6, 6.07) is 10.4. The summed E-state index contributed by atoms with van der Waals surface area (Å²) in [6.07, 6.45) is 1.13. The molecule has 82 valence electrons. The summed E-state index contributed by atoms with van der Waals surface area (Å²) in [6.45, 7) is 2.21. The molecular formula is C13H16N3+. The Morgan fingerprint density at radius 1 is 1.25 bits per heavy atom. The molecule has 2 N–H and O–H groups in total. The molecule has 0 amide bonds. The van der Waals surface area contributed by atoms with Crippen molar-refractivity contribution in [2.24, 2.45) is 7.05 Å². The van der Waals surface area contributed by atoms with Crippen LogP contribution < -0.4 is 5.32 Å². The minimum Gasteiger partial charge on any atom is -0.341 e. The van der Waals surface area contributed by atoms with Crippen LogP contribution in [-0.4, -0.2) is 16.1 Å². The van der Waals surface area contributed by atoms with Crippen molar-refractivity contribution >= 4 is 0 Å². The third kappa shape index (κ3) is 1.44. The van der Waals surface area contributed by atoms with Crippen LogP contribution in [0.2, 0.25) is 0 Å². The first kappa shape index (κ1) is 9.60. The predicted molar refractivity (Wildman–Crippen MR) is 62.8 cm³/mol. The van der Waals surface area contributed by atoms with Gasteiger partial charge in [0.15, 0.2) is 0 Å². The van der Waals surface area contributed by atoms with Gasteiger partial charge in [-0.2, -0.15) is 0 Å². The normalized spacial score (nSPS) is 14.8. The molecule has 0 aliphatic carbocycles. The minimum absolute atomic E-state index is 1.02. The van der Waals surface area contributed by atoms with E-state index in [1.54, 1.807) is 0 Å². The van der Waals surface area contributed by atoms with Crippen LogP contribution in [0.4, 0.5) is 0 Å². The summed E-state index contributed by atoms with van der Waals surface area (Å²) >= 11 is 0. The van der Waals surface area contributed by atoms with E-state index in [1.165, 1.54) is 23.5 Å². The number of rotatable bonds is 1. The van der Waals surface area contributed by atoms with E-state index in [9.17, 15) is 0 Å². The summed E-state index contributed by atoms with van der Waals surface area (Å²) in [7, 11) is 2.12. The van der Waals surface area contributed by atoms with Gasteiger partial charge in [0.2, 0.25) is 0 Å². The molecule has 3 rings (SSSR count). The lowest BCUT2D eigenvalue weighted by molar-refractivity contribution is -0.674. The van der Waals surface area contributed by atoms with Crippen LogP contribution in [0, 0.1) is 0 Å². The highest BCUT2D eigenvalue weighted by atomic mass is 15.1. The monoisotopic (exact) mass is 214 g/mol. The average Bonchev–Trinajstić information content (AvgIpc) is 2.69. The second kappa shape index (κ2) is 3.76. The highest BCUT2D eigenvalue weighted by Crippen LogP contribution is 2.21. The number of hydrogen-bond acceptors (Lipinski definition) is 1. The molecule has 0 saturated carbocycles. The first-order valence-electron chi connectivity index (χ1n) is 5.78. The number of benzene rings is 1. The molecule has 1 aromatic heterocycles. The zero-order valence-electron chi connectivity index (χ0n) is 9.48. The van der Waals surface area contributed by atoms with Gasteiger partial charge >= 0.3 is 0 Å². The molecule has 2 heterocycles. The van der Waals surface area contributed by atoms with E-state index in [0.29, 0.717) is 0 Å². The quantitative estimate of drug-likeness (QED) is 0.745. The van der Waals surface area contributed by atoms with Crippen LogP contribution in [0.15, 0.2) is 30.3 Å². The minimum atomic E-state index is 1.02. The summed E-state index contributed by atoms with van der Waals surface area (Å²) in [5, 5.41) is 2.32. The first-order chi connectivity index (χ1) is 7.86. The van der Waals surface area contributed by atoms with E-state index in [1.807, 2.05) is 6.07 Å². The number of quaternary nitrogens is 1. The molecule has 1 aromatic carbocycles. The van der Waals surface area contributed by atoms with E-state index in [0.717, 1.165) is 18.8 Å². The molecule has 3 nitrogen and oxygen atoms in total. The van der Waals surface area contributed by atoms with Crippen LogP contribution in [0.25, 0.3) is 11.4 Å². The largest absolute Gasteiger partial charge is 0.341 e. The molecule has 1 aliphatic rings. The lowest BCUT2D eigenvalue weighted by atomic mass is 10.2. The molecular weight excluding hydrogens is 198 g/mol. The highest BCUT2D eigenvalue weighted by molar-refractivity contribution is 5.56. The van der Waals surface area contributed by atoms with Crippen LogP contribution in [0.5, 0.6) is 0 Å². The van der Waals surface area contributed by atoms with Gasteiger partial charge in [-0.3, -0.25) is 0 Å². The van der Waals surface area contributed by atoms with Crippen LogP contribution in [-0.2, 0) is 20.0 Å². The molecule has 16 heavy (non-hydrogen) atoms. The molecule has 1 aliphatic heterocycles. The molecule has 0 saturated heterocycles. The van der Waals surface area contributed by atoms with Crippen molar-refractivity contribution in [3.8, 4) is 11.4 Å². The van der Waals surface area contributed by atoms with Crippen molar-refractivity contribution < 1.29 is 5.32 Å². The van der Waals surface area contributed by atoms with Gasteiger partial charge in [0, 0.05) is 19.0 Å². The van der Waals surface area contributed by atoms with Crippen molar-refractivity contribution in [3.05, 3.63) is 41.7 Å². The highest BCUT2D eigenvalue weighted by Gasteiger charge is 2.20. The third-order valence-electron chi connectivity index (χ3n) is 3.25. The smallest absolute Gasteiger partial charge is 0.140 e. The number of nitrogens with zero attached hydrogens (tertiary/aromatic N) is 2. The Morgan fingerprint density at radius 3 is 2.81 bits per heavy atom. The maximum Gasteiger partial charge on any atom is 0.140 e. The molecule has 0 bridgehead atoms. The lowest BCUT2D eigenvalue weighted by Gasteiger charge is -2.10. The van der Waals surface area contributed by atoms with Crippen molar-refractivity contribution in [1.82, 2.24) is 9.55 Å². The Morgan fingerprint density at radius 2 is 2.06 bits per heavy atom. The zero-order chi connectivity index (χ0) is 11.0. The van der Waals surface area contributed by atoms with Gasteiger partial charge < -0.3 is 9.88 Å². The summed E-state index contributed by atoms with van der Waals surface area (Å²) < 4.78 is 2.25. The topological polar surface area (TPSA) is 34.4 Å². The van der Waals surface area contributed by atoms with Gasteiger partial charge in [-0.05, 0) is 0 Å². The average molecular weight is 214 g/mol. The lowest BCUT2D eigenvalue weighted by Crippen LogP contribution is -2.84. The van der Waals surface area contributed by atoms with Crippen LogP contribution in [0.3, 0.4) is 0 Å². The summed E-state index contributed by atoms with van der Waals surface area (Å²) in [5.74, 6) is 1.10. The van der Waals surface area contributed by atoms with Gasteiger partial charge in [-0.15, -0.1) is 0 Å². The maximum absolute atomic E-state index is 4.75. The van der Waals surface area contributed by atoms with Gasteiger partial charge in [-0.25, -0.2) is 4.98 Å². The van der Waals surface area contributed by atoms with Gasteiger partial charge in [0.25, 0.3) is 0 Å². The van der Waals surface area contributed by atoms with Gasteiger partial charge in [-0.1, -0.05) is 30.3 Å². The number of imidazole rings is 1. The fourth-order valence-electron chi connectivity index (χ4n) is 2.39. The molecule has 0 atom stereocenters. The summed E-state index contributed by atoms with van der Waals surface area (Å²) in [4.78, 5) is 4.75. The Hall–Kier alpha value is -1.61. The van der Waals surface area contributed by atoms with E-state index in [2.05, 4.69) is 41.2 Å². The summed E-state index contributed by atoms with van der Waals surface area (Å²) in [5.41, 5.74) is 3.87. The van der Waals surface area contributed by atoms with Crippen LogP contribution in [0.1, 0.15) is 11.4 Å². The standard InChI is InChI=1S/C13H15N3/c1-16-12-7-8-14-9-11(12)15-13(16)10-5-3-2-4-6-10/h2-6,14H,7-9H2,1H3/p+1. The SMILES string of the molecule is Cn1c(-c2ccccc2)nc2c1CC[NH2+]C2. The second-order valence-electron chi connectivity index (χ2n) is 4.29. The van der Waals surface area contributed by atoms with Crippen molar-refractivity contribution in [2.45, 2.75) is 13.0 Å². The maximum atomic E-state index is 4.75. The Bertz CT molecular complexity index is 499. The number of nitrogens with two attached hydrogens (primary N) is 1. The second-order valence-corrected chi connectivity index (χ2v) is 4.29. The fraction of sp³-hybridized carbons (Fsp3) is 0.308. The first-order valence-corrected chi connectivity index (χ1v) is 5.78. The molecule has 3 heteroatoms. The Kier molecular flexibility index (Phi) is 2.26. The number of fused-ring (bicyclic) bond motifs is 1. The third-order valence-corrected chi connectivity index (χ3v) is 3.25. The van der Waals surface area contributed by atoms with Gasteiger partial charge in [0.1, 0.15) is 18.1 Å². The number of aromatic nitrogens is 2.